The molecule has 1 rings (SSSR count). The van der Waals surface area contributed by atoms with Gasteiger partial charge in [-0.05, 0) is 38.0 Å². The van der Waals surface area contributed by atoms with Gasteiger partial charge in [0.25, 0.3) is 0 Å². The molecule has 4 nitrogen and oxygen atoms in total. The fraction of sp³-hybridized carbons (Fsp3) is 0.917. The number of ether oxygens (including phenoxy) is 1. The van der Waals surface area contributed by atoms with Crippen LogP contribution in [0.4, 0.5) is 0 Å². The van der Waals surface area contributed by atoms with Crippen molar-refractivity contribution in [3.63, 3.8) is 0 Å². The summed E-state index contributed by atoms with van der Waals surface area (Å²) in [6, 6.07) is 0. The molecule has 1 aliphatic carbocycles. The summed E-state index contributed by atoms with van der Waals surface area (Å²) in [5.74, 6) is 0.361. The molecule has 1 saturated carbocycles. The van der Waals surface area contributed by atoms with E-state index in [4.69, 9.17) is 4.74 Å². The number of likely N-dealkylation sites (N-methyl/N-ethyl adjacent to an activating group) is 1. The number of hydrogen-bond donors (Lipinski definition) is 2. The molecule has 0 bridgehead atoms. The summed E-state index contributed by atoms with van der Waals surface area (Å²) in [6.07, 6.45) is 3.53. The third kappa shape index (κ3) is 4.16. The molecular formula is C12H23NO3S. The molecule has 0 heterocycles. The molecule has 17 heavy (non-hydrogen) atoms. The number of methoxy groups -OCH3 is 1. The lowest BCUT2D eigenvalue weighted by molar-refractivity contribution is -0.144. The number of carboxylic acid groups (broad SMARTS) is 1. The van der Waals surface area contributed by atoms with E-state index in [-0.39, 0.29) is 0 Å². The highest BCUT2D eigenvalue weighted by Crippen LogP contribution is 2.37. The van der Waals surface area contributed by atoms with Gasteiger partial charge in [0, 0.05) is 19.0 Å². The monoisotopic (exact) mass is 261 g/mol. The molecule has 0 radical (unpaired) electrons. The van der Waals surface area contributed by atoms with Crippen LogP contribution in [0.2, 0.25) is 0 Å². The molecule has 100 valence electrons. The normalized spacial score (nSPS) is 28.5. The molecule has 0 saturated heterocycles. The van der Waals surface area contributed by atoms with Gasteiger partial charge in [-0.15, -0.1) is 0 Å². The molecule has 0 amide bonds. The molecule has 0 aromatic rings. The maximum atomic E-state index is 11.3. The smallest absolute Gasteiger partial charge is 0.323 e. The standard InChI is InChI=1S/C12H23NO3S/c1-3-13-12(11(14)15)6-5-10(9-12)17-8-4-7-16-2/h10,13H,3-9H2,1-2H3,(H,14,15). The minimum absolute atomic E-state index is 0.474. The minimum Gasteiger partial charge on any atom is -0.480 e. The average Bonchev–Trinajstić information content (AvgIpc) is 2.70. The lowest BCUT2D eigenvalue weighted by Gasteiger charge is -2.25. The zero-order valence-corrected chi connectivity index (χ0v) is 11.5. The van der Waals surface area contributed by atoms with E-state index in [1.807, 2.05) is 18.7 Å². The van der Waals surface area contributed by atoms with Crippen LogP contribution in [0, 0.1) is 0 Å². The van der Waals surface area contributed by atoms with Crippen LogP contribution in [0.3, 0.4) is 0 Å². The second kappa shape index (κ2) is 7.24. The maximum absolute atomic E-state index is 11.3. The minimum atomic E-state index is -0.695. The molecule has 1 aliphatic rings. The summed E-state index contributed by atoms with van der Waals surface area (Å²) in [5.41, 5.74) is -0.673. The number of nitrogens with one attached hydrogen (secondary N) is 1. The Labute approximate surface area is 107 Å². The molecule has 0 aliphatic heterocycles. The second-order valence-electron chi connectivity index (χ2n) is 4.50. The van der Waals surface area contributed by atoms with E-state index in [0.717, 1.165) is 38.0 Å². The van der Waals surface area contributed by atoms with E-state index in [1.165, 1.54) is 0 Å². The van der Waals surface area contributed by atoms with Crippen molar-refractivity contribution in [2.75, 3.05) is 26.0 Å². The van der Waals surface area contributed by atoms with Crippen molar-refractivity contribution in [1.82, 2.24) is 5.32 Å². The Hall–Kier alpha value is -0.260. The molecule has 0 spiro atoms. The van der Waals surface area contributed by atoms with Gasteiger partial charge in [0.2, 0.25) is 0 Å². The van der Waals surface area contributed by atoms with Crippen LogP contribution in [0.15, 0.2) is 0 Å². The summed E-state index contributed by atoms with van der Waals surface area (Å²) in [6.45, 7) is 3.47. The second-order valence-corrected chi connectivity index (χ2v) is 5.91. The molecule has 2 unspecified atom stereocenters. The fourth-order valence-corrected chi connectivity index (χ4v) is 3.67. The first-order valence-electron chi connectivity index (χ1n) is 6.23. The van der Waals surface area contributed by atoms with Crippen LogP contribution >= 0.6 is 11.8 Å². The predicted molar refractivity (Wildman–Crippen MR) is 70.6 cm³/mol. The highest BCUT2D eigenvalue weighted by molar-refractivity contribution is 7.99. The Morgan fingerprint density at radius 2 is 2.41 bits per heavy atom. The number of thioether (sulfide) groups is 1. The van der Waals surface area contributed by atoms with E-state index in [1.54, 1.807) is 7.11 Å². The molecular weight excluding hydrogens is 238 g/mol. The maximum Gasteiger partial charge on any atom is 0.323 e. The molecule has 5 heteroatoms. The SMILES string of the molecule is CCNC1(C(=O)O)CCC(SCCCOC)C1. The number of hydrogen-bond acceptors (Lipinski definition) is 4. The van der Waals surface area contributed by atoms with Crippen molar-refractivity contribution in [3.05, 3.63) is 0 Å². The molecule has 0 aromatic heterocycles. The van der Waals surface area contributed by atoms with Gasteiger partial charge in [-0.3, -0.25) is 4.79 Å². The van der Waals surface area contributed by atoms with Gasteiger partial charge < -0.3 is 15.2 Å². The summed E-state index contributed by atoms with van der Waals surface area (Å²) < 4.78 is 5.00. The quantitative estimate of drug-likeness (QED) is 0.652. The van der Waals surface area contributed by atoms with Crippen LogP contribution in [-0.2, 0) is 9.53 Å². The van der Waals surface area contributed by atoms with Crippen molar-refractivity contribution in [3.8, 4) is 0 Å². The fourth-order valence-electron chi connectivity index (χ4n) is 2.36. The Balaban J connectivity index is 2.35. The van der Waals surface area contributed by atoms with Gasteiger partial charge in [0.1, 0.15) is 5.54 Å². The average molecular weight is 261 g/mol. The van der Waals surface area contributed by atoms with E-state index in [2.05, 4.69) is 5.32 Å². The van der Waals surface area contributed by atoms with Crippen LogP contribution in [0.5, 0.6) is 0 Å². The molecule has 2 N–H and O–H groups in total. The Kier molecular flexibility index (Phi) is 6.30. The summed E-state index contributed by atoms with van der Waals surface area (Å²) in [5, 5.41) is 13.0. The van der Waals surface area contributed by atoms with E-state index >= 15 is 0 Å². The van der Waals surface area contributed by atoms with Crippen LogP contribution in [-0.4, -0.2) is 47.9 Å². The van der Waals surface area contributed by atoms with Gasteiger partial charge in [-0.25, -0.2) is 0 Å². The largest absolute Gasteiger partial charge is 0.480 e. The van der Waals surface area contributed by atoms with Gasteiger partial charge in [0.05, 0.1) is 0 Å². The first kappa shape index (κ1) is 14.8. The van der Waals surface area contributed by atoms with Crippen molar-refractivity contribution >= 4 is 17.7 Å². The first-order chi connectivity index (χ1) is 8.14. The molecule has 1 fully saturated rings. The van der Waals surface area contributed by atoms with Gasteiger partial charge >= 0.3 is 5.97 Å². The number of carbonyl (C=O) groups is 1. The summed E-state index contributed by atoms with van der Waals surface area (Å²) >= 11 is 1.89. The highest BCUT2D eigenvalue weighted by Gasteiger charge is 2.44. The van der Waals surface area contributed by atoms with Gasteiger partial charge in [0.15, 0.2) is 0 Å². The van der Waals surface area contributed by atoms with Crippen molar-refractivity contribution in [2.45, 2.75) is 43.4 Å². The summed E-state index contributed by atoms with van der Waals surface area (Å²) in [7, 11) is 1.71. The number of carboxylic acids is 1. The third-order valence-electron chi connectivity index (χ3n) is 3.24. The predicted octanol–water partition coefficient (Wildman–Crippen LogP) is 1.74. The third-order valence-corrected chi connectivity index (χ3v) is 4.64. The van der Waals surface area contributed by atoms with Crippen molar-refractivity contribution < 1.29 is 14.6 Å². The zero-order chi connectivity index (χ0) is 12.7. The Morgan fingerprint density at radius 1 is 1.65 bits per heavy atom. The summed E-state index contributed by atoms with van der Waals surface area (Å²) in [4.78, 5) is 11.3. The highest BCUT2D eigenvalue weighted by atomic mass is 32.2. The van der Waals surface area contributed by atoms with Crippen LogP contribution in [0.1, 0.15) is 32.6 Å². The van der Waals surface area contributed by atoms with E-state index < -0.39 is 11.5 Å². The Morgan fingerprint density at radius 3 is 3.00 bits per heavy atom. The topological polar surface area (TPSA) is 58.6 Å². The van der Waals surface area contributed by atoms with Crippen LogP contribution in [0.25, 0.3) is 0 Å². The zero-order valence-electron chi connectivity index (χ0n) is 10.7. The van der Waals surface area contributed by atoms with Gasteiger partial charge in [-0.1, -0.05) is 6.92 Å². The van der Waals surface area contributed by atoms with Crippen molar-refractivity contribution in [1.29, 1.82) is 0 Å². The number of aliphatic carboxylic acids is 1. The molecule has 2 atom stereocenters. The van der Waals surface area contributed by atoms with E-state index in [0.29, 0.717) is 11.8 Å². The van der Waals surface area contributed by atoms with Gasteiger partial charge in [-0.2, -0.15) is 11.8 Å². The van der Waals surface area contributed by atoms with E-state index in [9.17, 15) is 9.90 Å². The van der Waals surface area contributed by atoms with Crippen molar-refractivity contribution in [2.24, 2.45) is 0 Å². The first-order valence-corrected chi connectivity index (χ1v) is 7.28. The Bertz CT molecular complexity index is 250. The lowest BCUT2D eigenvalue weighted by Crippen LogP contribution is -2.50. The molecule has 0 aromatic carbocycles. The lowest BCUT2D eigenvalue weighted by atomic mass is 9.98. The number of rotatable bonds is 8. The van der Waals surface area contributed by atoms with Crippen LogP contribution < -0.4 is 5.32 Å².